The minimum Gasteiger partial charge on any atom is -0.481 e. The molecular formula is C16H17FN2O2. The molecule has 3 N–H and O–H groups in total. The van der Waals surface area contributed by atoms with E-state index in [0.29, 0.717) is 12.2 Å². The summed E-state index contributed by atoms with van der Waals surface area (Å²) in [6, 6.07) is 11.7. The third-order valence-corrected chi connectivity index (χ3v) is 2.96. The molecule has 0 heterocycles. The molecule has 0 fully saturated rings. The van der Waals surface area contributed by atoms with Gasteiger partial charge in [0.1, 0.15) is 0 Å². The van der Waals surface area contributed by atoms with Gasteiger partial charge in [0.05, 0.1) is 0 Å². The molecule has 1 amide bonds. The highest BCUT2D eigenvalue weighted by atomic mass is 19.1. The lowest BCUT2D eigenvalue weighted by Crippen LogP contribution is -2.21. The molecule has 0 saturated heterocycles. The number of aryl methyl sites for hydroxylation is 1. The standard InChI is InChI=1S/C16H17FN2O2/c1-11-6-7-13(17)15(8-11)21-10-16(20)19-14-5-3-2-4-12(14)9-18/h2-8H,9-10,18H2,1H3,(H,19,20). The number of anilines is 1. The van der Waals surface area contributed by atoms with E-state index >= 15 is 0 Å². The Morgan fingerprint density at radius 1 is 1.29 bits per heavy atom. The van der Waals surface area contributed by atoms with Gasteiger partial charge >= 0.3 is 0 Å². The third-order valence-electron chi connectivity index (χ3n) is 2.96. The molecule has 0 atom stereocenters. The predicted molar refractivity (Wildman–Crippen MR) is 79.6 cm³/mol. The Kier molecular flexibility index (Phi) is 4.90. The maximum atomic E-state index is 13.5. The van der Waals surface area contributed by atoms with Crippen LogP contribution in [0.3, 0.4) is 0 Å². The number of carbonyl (C=O) groups excluding carboxylic acids is 1. The smallest absolute Gasteiger partial charge is 0.262 e. The number of nitrogens with one attached hydrogen (secondary N) is 1. The van der Waals surface area contributed by atoms with Crippen LogP contribution in [0.15, 0.2) is 42.5 Å². The molecule has 0 bridgehead atoms. The first-order valence-electron chi connectivity index (χ1n) is 6.57. The fraction of sp³-hybridized carbons (Fsp3) is 0.188. The zero-order valence-corrected chi connectivity index (χ0v) is 11.7. The van der Waals surface area contributed by atoms with Gasteiger partial charge in [-0.2, -0.15) is 0 Å². The Hall–Kier alpha value is -2.40. The van der Waals surface area contributed by atoms with E-state index in [1.807, 2.05) is 19.1 Å². The van der Waals surface area contributed by atoms with Gasteiger partial charge in [-0.25, -0.2) is 4.39 Å². The average Bonchev–Trinajstić information content (AvgIpc) is 2.49. The van der Waals surface area contributed by atoms with E-state index in [4.69, 9.17) is 10.5 Å². The minimum absolute atomic E-state index is 0.0669. The molecule has 0 radical (unpaired) electrons. The fourth-order valence-corrected chi connectivity index (χ4v) is 1.87. The van der Waals surface area contributed by atoms with E-state index in [1.54, 1.807) is 24.3 Å². The molecule has 2 aromatic carbocycles. The Labute approximate surface area is 122 Å². The zero-order chi connectivity index (χ0) is 15.2. The molecule has 5 heteroatoms. The summed E-state index contributed by atoms with van der Waals surface area (Å²) in [6.45, 7) is 1.88. The highest BCUT2D eigenvalue weighted by molar-refractivity contribution is 5.92. The molecule has 2 aromatic rings. The Balaban J connectivity index is 1.97. The molecule has 2 rings (SSSR count). The summed E-state index contributed by atoms with van der Waals surface area (Å²) in [5.74, 6) is -0.787. The molecule has 0 aliphatic rings. The second-order valence-corrected chi connectivity index (χ2v) is 4.63. The molecule has 4 nitrogen and oxygen atoms in total. The van der Waals surface area contributed by atoms with Crippen LogP contribution in [0.5, 0.6) is 5.75 Å². The van der Waals surface area contributed by atoms with Gasteiger partial charge in [-0.05, 0) is 36.2 Å². The maximum absolute atomic E-state index is 13.5. The van der Waals surface area contributed by atoms with Crippen molar-refractivity contribution in [2.24, 2.45) is 5.73 Å². The Morgan fingerprint density at radius 2 is 2.05 bits per heavy atom. The molecule has 0 aromatic heterocycles. The van der Waals surface area contributed by atoms with E-state index in [-0.39, 0.29) is 18.3 Å². The maximum Gasteiger partial charge on any atom is 0.262 e. The quantitative estimate of drug-likeness (QED) is 0.889. The normalized spacial score (nSPS) is 10.2. The van der Waals surface area contributed by atoms with Crippen LogP contribution in [0.2, 0.25) is 0 Å². The van der Waals surface area contributed by atoms with Gasteiger partial charge < -0.3 is 15.8 Å². The molecule has 0 unspecified atom stereocenters. The first-order valence-corrected chi connectivity index (χ1v) is 6.57. The van der Waals surface area contributed by atoms with E-state index in [9.17, 15) is 9.18 Å². The number of hydrogen-bond donors (Lipinski definition) is 2. The third kappa shape index (κ3) is 4.03. The molecule has 0 aliphatic heterocycles. The van der Waals surface area contributed by atoms with Crippen LogP contribution < -0.4 is 15.8 Å². The van der Waals surface area contributed by atoms with Crippen molar-refractivity contribution in [1.82, 2.24) is 0 Å². The van der Waals surface area contributed by atoms with Crippen molar-refractivity contribution >= 4 is 11.6 Å². The van der Waals surface area contributed by atoms with Gasteiger partial charge in [-0.15, -0.1) is 0 Å². The monoisotopic (exact) mass is 288 g/mol. The average molecular weight is 288 g/mol. The first-order chi connectivity index (χ1) is 10.1. The molecule has 21 heavy (non-hydrogen) atoms. The zero-order valence-electron chi connectivity index (χ0n) is 11.7. The van der Waals surface area contributed by atoms with Crippen molar-refractivity contribution in [3.63, 3.8) is 0 Å². The summed E-state index contributed by atoms with van der Waals surface area (Å²) < 4.78 is 18.7. The van der Waals surface area contributed by atoms with Gasteiger partial charge in [0.25, 0.3) is 5.91 Å². The number of nitrogens with two attached hydrogens (primary N) is 1. The summed E-state index contributed by atoms with van der Waals surface area (Å²) >= 11 is 0. The van der Waals surface area contributed by atoms with Gasteiger partial charge in [-0.1, -0.05) is 24.3 Å². The number of benzene rings is 2. The fourth-order valence-electron chi connectivity index (χ4n) is 1.87. The number of ether oxygens (including phenoxy) is 1. The van der Waals surface area contributed by atoms with Crippen LogP contribution in [-0.2, 0) is 11.3 Å². The van der Waals surface area contributed by atoms with Gasteiger partial charge in [-0.3, -0.25) is 4.79 Å². The van der Waals surface area contributed by atoms with E-state index in [0.717, 1.165) is 11.1 Å². The summed E-state index contributed by atoms with van der Waals surface area (Å²) in [5.41, 5.74) is 7.92. The van der Waals surface area contributed by atoms with Crippen molar-refractivity contribution < 1.29 is 13.9 Å². The van der Waals surface area contributed by atoms with E-state index < -0.39 is 5.82 Å². The van der Waals surface area contributed by atoms with Crippen molar-refractivity contribution in [2.45, 2.75) is 13.5 Å². The molecule has 0 spiro atoms. The lowest BCUT2D eigenvalue weighted by Gasteiger charge is -2.11. The van der Waals surface area contributed by atoms with Crippen molar-refractivity contribution in [3.8, 4) is 5.75 Å². The Morgan fingerprint density at radius 3 is 2.81 bits per heavy atom. The number of rotatable bonds is 5. The van der Waals surface area contributed by atoms with Crippen LogP contribution in [0.4, 0.5) is 10.1 Å². The lowest BCUT2D eigenvalue weighted by atomic mass is 10.2. The van der Waals surface area contributed by atoms with Crippen molar-refractivity contribution in [3.05, 3.63) is 59.4 Å². The van der Waals surface area contributed by atoms with E-state index in [2.05, 4.69) is 5.32 Å². The SMILES string of the molecule is Cc1ccc(F)c(OCC(=O)Nc2ccccc2CN)c1. The van der Waals surface area contributed by atoms with Gasteiger partial charge in [0.2, 0.25) is 0 Å². The second-order valence-electron chi connectivity index (χ2n) is 4.63. The largest absolute Gasteiger partial charge is 0.481 e. The van der Waals surface area contributed by atoms with Crippen LogP contribution in [-0.4, -0.2) is 12.5 Å². The number of carbonyl (C=O) groups is 1. The highest BCUT2D eigenvalue weighted by Crippen LogP contribution is 2.18. The van der Waals surface area contributed by atoms with Crippen LogP contribution in [0.25, 0.3) is 0 Å². The topological polar surface area (TPSA) is 64.3 Å². The lowest BCUT2D eigenvalue weighted by molar-refractivity contribution is -0.118. The van der Waals surface area contributed by atoms with Gasteiger partial charge in [0.15, 0.2) is 18.2 Å². The van der Waals surface area contributed by atoms with Crippen molar-refractivity contribution in [1.29, 1.82) is 0 Å². The number of hydrogen-bond acceptors (Lipinski definition) is 3. The Bertz CT molecular complexity index is 644. The summed E-state index contributed by atoms with van der Waals surface area (Å²) in [5, 5.41) is 2.70. The van der Waals surface area contributed by atoms with Crippen molar-refractivity contribution in [2.75, 3.05) is 11.9 Å². The minimum atomic E-state index is -0.490. The summed E-state index contributed by atoms with van der Waals surface area (Å²) in [7, 11) is 0. The van der Waals surface area contributed by atoms with Crippen LogP contribution in [0, 0.1) is 12.7 Å². The predicted octanol–water partition coefficient (Wildman–Crippen LogP) is 2.61. The molecule has 110 valence electrons. The number of halogens is 1. The van der Waals surface area contributed by atoms with E-state index in [1.165, 1.54) is 6.07 Å². The van der Waals surface area contributed by atoms with Gasteiger partial charge in [0, 0.05) is 12.2 Å². The number of para-hydroxylation sites is 1. The van der Waals surface area contributed by atoms with Crippen LogP contribution >= 0.6 is 0 Å². The molecular weight excluding hydrogens is 271 g/mol. The summed E-state index contributed by atoms with van der Waals surface area (Å²) in [4.78, 5) is 11.9. The molecule has 0 saturated carbocycles. The van der Waals surface area contributed by atoms with Crippen LogP contribution in [0.1, 0.15) is 11.1 Å². The first kappa shape index (κ1) is 15.0. The number of amides is 1. The molecule has 0 aliphatic carbocycles. The summed E-state index contributed by atoms with van der Waals surface area (Å²) in [6.07, 6.45) is 0. The highest BCUT2D eigenvalue weighted by Gasteiger charge is 2.09. The second kappa shape index (κ2) is 6.85.